The second kappa shape index (κ2) is 6.34. The number of hydrogen-bond acceptors (Lipinski definition) is 4. The molecule has 1 aromatic carbocycles. The third kappa shape index (κ3) is 3.39. The van der Waals surface area contributed by atoms with E-state index in [1.807, 2.05) is 12.1 Å². The minimum atomic E-state index is -0.536. The van der Waals surface area contributed by atoms with Crippen molar-refractivity contribution in [2.45, 2.75) is 57.0 Å². The average Bonchev–Trinajstić information content (AvgIpc) is 2.94. The first-order chi connectivity index (χ1) is 10.2. The molecule has 1 spiro atoms. The van der Waals surface area contributed by atoms with Gasteiger partial charge in [0.05, 0.1) is 19.3 Å². The zero-order valence-electron chi connectivity index (χ0n) is 12.6. The van der Waals surface area contributed by atoms with E-state index in [1.54, 1.807) is 0 Å². The van der Waals surface area contributed by atoms with Crippen LogP contribution in [0.2, 0.25) is 0 Å². The van der Waals surface area contributed by atoms with E-state index in [-0.39, 0.29) is 6.10 Å². The van der Waals surface area contributed by atoms with Gasteiger partial charge in [0.15, 0.2) is 5.79 Å². The van der Waals surface area contributed by atoms with E-state index >= 15 is 0 Å². The maximum atomic E-state index is 10.2. The van der Waals surface area contributed by atoms with Crippen molar-refractivity contribution in [3.8, 4) is 5.75 Å². The Morgan fingerprint density at radius 1 is 1.24 bits per heavy atom. The van der Waals surface area contributed by atoms with Gasteiger partial charge in [-0.2, -0.15) is 0 Å². The fourth-order valence-electron chi connectivity index (χ4n) is 3.18. The molecule has 2 fully saturated rings. The molecule has 0 amide bonds. The van der Waals surface area contributed by atoms with Crippen LogP contribution in [-0.2, 0) is 15.9 Å². The van der Waals surface area contributed by atoms with Crippen LogP contribution in [0.5, 0.6) is 5.75 Å². The van der Waals surface area contributed by atoms with Crippen molar-refractivity contribution in [3.63, 3.8) is 0 Å². The van der Waals surface area contributed by atoms with Crippen LogP contribution in [0.25, 0.3) is 0 Å². The molecule has 1 aliphatic heterocycles. The lowest BCUT2D eigenvalue weighted by Crippen LogP contribution is -2.47. The highest BCUT2D eigenvalue weighted by atomic mass is 16.7. The fourth-order valence-corrected chi connectivity index (χ4v) is 3.18. The van der Waals surface area contributed by atoms with Gasteiger partial charge in [0, 0.05) is 12.8 Å². The summed E-state index contributed by atoms with van der Waals surface area (Å²) in [4.78, 5) is 0. The van der Waals surface area contributed by atoms with Gasteiger partial charge in [-0.1, -0.05) is 25.5 Å². The number of ether oxygens (including phenoxy) is 3. The first kappa shape index (κ1) is 14.8. The van der Waals surface area contributed by atoms with Gasteiger partial charge in [-0.25, -0.2) is 0 Å². The molecule has 4 heteroatoms. The number of hydrogen-bond donors (Lipinski definition) is 1. The molecule has 2 unspecified atom stereocenters. The van der Waals surface area contributed by atoms with Gasteiger partial charge in [0.25, 0.3) is 0 Å². The summed E-state index contributed by atoms with van der Waals surface area (Å²) in [6.07, 6.45) is 3.47. The van der Waals surface area contributed by atoms with Crippen LogP contribution in [0.1, 0.15) is 38.2 Å². The van der Waals surface area contributed by atoms with Gasteiger partial charge in [-0.05, 0) is 30.5 Å². The summed E-state index contributed by atoms with van der Waals surface area (Å²) in [6.45, 7) is 3.44. The van der Waals surface area contributed by atoms with E-state index in [1.165, 1.54) is 5.56 Å². The summed E-state index contributed by atoms with van der Waals surface area (Å²) in [5.74, 6) is 0.264. The number of benzene rings is 1. The first-order valence-corrected chi connectivity index (χ1v) is 7.92. The van der Waals surface area contributed by atoms with Gasteiger partial charge >= 0.3 is 0 Å². The van der Waals surface area contributed by atoms with Crippen LogP contribution in [0.15, 0.2) is 24.3 Å². The lowest BCUT2D eigenvalue weighted by atomic mass is 9.89. The molecule has 2 atom stereocenters. The van der Waals surface area contributed by atoms with Crippen LogP contribution in [0, 0.1) is 0 Å². The Labute approximate surface area is 126 Å². The Morgan fingerprint density at radius 3 is 2.62 bits per heavy atom. The van der Waals surface area contributed by atoms with Crippen molar-refractivity contribution >= 4 is 0 Å². The Morgan fingerprint density at radius 2 is 1.95 bits per heavy atom. The Balaban J connectivity index is 1.64. The first-order valence-electron chi connectivity index (χ1n) is 7.92. The molecule has 21 heavy (non-hydrogen) atoms. The van der Waals surface area contributed by atoms with E-state index < -0.39 is 11.9 Å². The molecule has 1 saturated carbocycles. The zero-order chi connectivity index (χ0) is 14.7. The standard InChI is InChI=1S/C17H24O4/c1-2-3-13-4-6-14(7-5-13)21-16-12-17(9-8-15(16)18)19-10-11-20-17/h4-7,15-16,18H,2-3,8-12H2,1H3. The number of aliphatic hydroxyl groups is 1. The van der Waals surface area contributed by atoms with Crippen molar-refractivity contribution < 1.29 is 19.3 Å². The molecule has 0 bridgehead atoms. The second-order valence-corrected chi connectivity index (χ2v) is 5.97. The van der Waals surface area contributed by atoms with Crippen molar-refractivity contribution in [1.29, 1.82) is 0 Å². The third-order valence-corrected chi connectivity index (χ3v) is 4.33. The largest absolute Gasteiger partial charge is 0.488 e. The Hall–Kier alpha value is -1.10. The lowest BCUT2D eigenvalue weighted by Gasteiger charge is -2.38. The van der Waals surface area contributed by atoms with Crippen LogP contribution < -0.4 is 4.74 Å². The monoisotopic (exact) mass is 292 g/mol. The van der Waals surface area contributed by atoms with Gasteiger partial charge in [0.1, 0.15) is 11.9 Å². The van der Waals surface area contributed by atoms with E-state index in [0.717, 1.165) is 25.0 Å². The maximum Gasteiger partial charge on any atom is 0.172 e. The third-order valence-electron chi connectivity index (χ3n) is 4.33. The fraction of sp³-hybridized carbons (Fsp3) is 0.647. The number of aliphatic hydroxyl groups excluding tert-OH is 1. The van der Waals surface area contributed by atoms with Crippen molar-refractivity contribution in [2.75, 3.05) is 13.2 Å². The highest BCUT2D eigenvalue weighted by molar-refractivity contribution is 5.27. The molecule has 116 valence electrons. The topological polar surface area (TPSA) is 47.9 Å². The van der Waals surface area contributed by atoms with Crippen LogP contribution in [-0.4, -0.2) is 36.3 Å². The molecule has 4 nitrogen and oxygen atoms in total. The Kier molecular flexibility index (Phi) is 4.48. The van der Waals surface area contributed by atoms with E-state index in [4.69, 9.17) is 14.2 Å². The SMILES string of the molecule is CCCc1ccc(OC2CC3(CCC2O)OCCO3)cc1. The molecule has 1 heterocycles. The molecule has 1 aromatic rings. The predicted molar refractivity (Wildman–Crippen MR) is 79.3 cm³/mol. The minimum absolute atomic E-state index is 0.270. The molecular weight excluding hydrogens is 268 g/mol. The number of rotatable bonds is 4. The van der Waals surface area contributed by atoms with Crippen LogP contribution in [0.4, 0.5) is 0 Å². The lowest BCUT2D eigenvalue weighted by molar-refractivity contribution is -0.209. The summed E-state index contributed by atoms with van der Waals surface area (Å²) < 4.78 is 17.4. The Bertz CT molecular complexity index is 450. The number of aryl methyl sites for hydroxylation is 1. The molecule has 1 N–H and O–H groups in total. The maximum absolute atomic E-state index is 10.2. The quantitative estimate of drug-likeness (QED) is 0.927. The van der Waals surface area contributed by atoms with Crippen LogP contribution >= 0.6 is 0 Å². The van der Waals surface area contributed by atoms with Gasteiger partial charge in [-0.3, -0.25) is 0 Å². The summed E-state index contributed by atoms with van der Waals surface area (Å²) in [5.41, 5.74) is 1.31. The molecule has 3 rings (SSSR count). The summed E-state index contributed by atoms with van der Waals surface area (Å²) in [6, 6.07) is 8.14. The van der Waals surface area contributed by atoms with Crippen molar-refractivity contribution in [2.24, 2.45) is 0 Å². The van der Waals surface area contributed by atoms with Crippen molar-refractivity contribution in [3.05, 3.63) is 29.8 Å². The normalized spacial score (nSPS) is 27.9. The molecule has 0 aromatic heterocycles. The van der Waals surface area contributed by atoms with E-state index in [0.29, 0.717) is 26.1 Å². The highest BCUT2D eigenvalue weighted by Crippen LogP contribution is 2.37. The molecule has 2 aliphatic rings. The summed E-state index contributed by atoms with van der Waals surface area (Å²) in [7, 11) is 0. The van der Waals surface area contributed by atoms with E-state index in [9.17, 15) is 5.11 Å². The molecular formula is C17H24O4. The molecule has 0 radical (unpaired) electrons. The highest BCUT2D eigenvalue weighted by Gasteiger charge is 2.45. The van der Waals surface area contributed by atoms with Gasteiger partial charge in [0.2, 0.25) is 0 Å². The van der Waals surface area contributed by atoms with E-state index in [2.05, 4.69) is 19.1 Å². The minimum Gasteiger partial charge on any atom is -0.488 e. The predicted octanol–water partition coefficient (Wildman–Crippen LogP) is 2.67. The summed E-state index contributed by atoms with van der Waals surface area (Å²) >= 11 is 0. The van der Waals surface area contributed by atoms with Gasteiger partial charge < -0.3 is 19.3 Å². The summed E-state index contributed by atoms with van der Waals surface area (Å²) in [5, 5.41) is 10.2. The molecule has 1 aliphatic carbocycles. The van der Waals surface area contributed by atoms with Gasteiger partial charge in [-0.15, -0.1) is 0 Å². The average molecular weight is 292 g/mol. The second-order valence-electron chi connectivity index (χ2n) is 5.97. The van der Waals surface area contributed by atoms with Crippen LogP contribution in [0.3, 0.4) is 0 Å². The van der Waals surface area contributed by atoms with Crippen molar-refractivity contribution in [1.82, 2.24) is 0 Å². The molecule has 1 saturated heterocycles. The zero-order valence-corrected chi connectivity index (χ0v) is 12.6. The smallest absolute Gasteiger partial charge is 0.172 e.